The van der Waals surface area contributed by atoms with Crippen molar-refractivity contribution in [2.45, 2.75) is 56.8 Å². The topological polar surface area (TPSA) is 191 Å². The number of rotatable bonds is 3. The lowest BCUT2D eigenvalue weighted by Gasteiger charge is -2.53. The number of Topliss-reactive ketones (excluding diaryl/α,β-unsaturated/α-hetero) is 2. The summed E-state index contributed by atoms with van der Waals surface area (Å²) in [4.78, 5) is 41.0. The van der Waals surface area contributed by atoms with Gasteiger partial charge in [0, 0.05) is 22.6 Å². The molecule has 0 saturated heterocycles. The van der Waals surface area contributed by atoms with E-state index in [1.54, 1.807) is 13.0 Å². The van der Waals surface area contributed by atoms with Crippen molar-refractivity contribution < 1.29 is 44.7 Å². The SMILES string of the molecule is COc1cc(C(C)(C)C)c(O)c2c1C(C)C1C(=C(O)C3(O)C(=O)C(C(N)=O)=C(O)C(N(C)C)C3C1O)C2=O. The quantitative estimate of drug-likeness (QED) is 0.307. The number of likely N-dealkylation sites (N-methyl/N-ethyl adjacent to an activating group) is 1. The van der Waals surface area contributed by atoms with Crippen molar-refractivity contribution in [3.8, 4) is 11.5 Å². The molecule has 11 nitrogen and oxygen atoms in total. The summed E-state index contributed by atoms with van der Waals surface area (Å²) < 4.78 is 5.59. The summed E-state index contributed by atoms with van der Waals surface area (Å²) in [6, 6.07) is 0.305. The number of phenols is 1. The number of aromatic hydroxyl groups is 1. The van der Waals surface area contributed by atoms with Gasteiger partial charge in [-0.05, 0) is 31.5 Å². The van der Waals surface area contributed by atoms with E-state index in [4.69, 9.17) is 10.5 Å². The van der Waals surface area contributed by atoms with Gasteiger partial charge in [0.1, 0.15) is 28.6 Å². The fourth-order valence-corrected chi connectivity index (χ4v) is 6.47. The van der Waals surface area contributed by atoms with Crippen LogP contribution in [0.3, 0.4) is 0 Å². The molecule has 1 aromatic carbocycles. The van der Waals surface area contributed by atoms with Gasteiger partial charge < -0.3 is 36.0 Å². The third-order valence-corrected chi connectivity index (χ3v) is 8.22. The van der Waals surface area contributed by atoms with Crippen molar-refractivity contribution in [2.75, 3.05) is 21.2 Å². The third kappa shape index (κ3) is 3.35. The summed E-state index contributed by atoms with van der Waals surface area (Å²) >= 11 is 0. The lowest BCUT2D eigenvalue weighted by molar-refractivity contribution is -0.162. The molecule has 11 heteroatoms. The van der Waals surface area contributed by atoms with Gasteiger partial charge in [0.15, 0.2) is 11.4 Å². The molecule has 0 saturated carbocycles. The Kier molecular flexibility index (Phi) is 6.22. The smallest absolute Gasteiger partial charge is 0.255 e. The molecule has 0 aliphatic heterocycles. The van der Waals surface area contributed by atoms with E-state index in [0.717, 1.165) is 0 Å². The van der Waals surface area contributed by atoms with Crippen LogP contribution in [0.2, 0.25) is 0 Å². The van der Waals surface area contributed by atoms with Crippen molar-refractivity contribution in [1.82, 2.24) is 4.90 Å². The van der Waals surface area contributed by atoms with Crippen LogP contribution in [0.5, 0.6) is 11.5 Å². The van der Waals surface area contributed by atoms with Crippen molar-refractivity contribution in [3.05, 3.63) is 45.4 Å². The van der Waals surface area contributed by atoms with Crippen molar-refractivity contribution in [1.29, 1.82) is 0 Å². The van der Waals surface area contributed by atoms with Crippen LogP contribution >= 0.6 is 0 Å². The first-order chi connectivity index (χ1) is 17.4. The highest BCUT2D eigenvalue weighted by atomic mass is 16.5. The summed E-state index contributed by atoms with van der Waals surface area (Å²) in [5.41, 5.74) is 0.902. The van der Waals surface area contributed by atoms with Gasteiger partial charge in [-0.25, -0.2) is 0 Å². The lowest BCUT2D eigenvalue weighted by Crippen LogP contribution is -2.68. The van der Waals surface area contributed by atoms with Crippen LogP contribution in [0.1, 0.15) is 55.1 Å². The summed E-state index contributed by atoms with van der Waals surface area (Å²) in [5, 5.41) is 57.1. The zero-order chi connectivity index (χ0) is 28.8. The largest absolute Gasteiger partial charge is 0.510 e. The number of carbonyl (C=O) groups excluding carboxylic acids is 3. The number of nitrogens with zero attached hydrogens (tertiary/aromatic N) is 1. The molecule has 3 aliphatic rings. The van der Waals surface area contributed by atoms with E-state index in [-0.39, 0.29) is 17.1 Å². The molecule has 1 amide bonds. The number of hydrogen-bond acceptors (Lipinski definition) is 10. The van der Waals surface area contributed by atoms with Gasteiger partial charge in [0.2, 0.25) is 5.78 Å². The second-order valence-electron chi connectivity index (χ2n) is 11.6. The number of primary amides is 1. The van der Waals surface area contributed by atoms with Gasteiger partial charge in [-0.2, -0.15) is 0 Å². The molecule has 7 N–H and O–H groups in total. The monoisotopic (exact) mass is 530 g/mol. The molecule has 6 unspecified atom stereocenters. The van der Waals surface area contributed by atoms with Crippen LogP contribution < -0.4 is 10.5 Å². The summed E-state index contributed by atoms with van der Waals surface area (Å²) in [6.07, 6.45) is -1.67. The predicted octanol–water partition coefficient (Wildman–Crippen LogP) is 0.959. The van der Waals surface area contributed by atoms with Gasteiger partial charge in [0.25, 0.3) is 5.91 Å². The van der Waals surface area contributed by atoms with Crippen LogP contribution in [0, 0.1) is 11.8 Å². The fraction of sp³-hybridized carbons (Fsp3) is 0.519. The number of benzene rings is 1. The van der Waals surface area contributed by atoms with Crippen molar-refractivity contribution in [2.24, 2.45) is 17.6 Å². The molecular weight excluding hydrogens is 496 g/mol. The van der Waals surface area contributed by atoms with Gasteiger partial charge in [0.05, 0.1) is 30.7 Å². The Morgan fingerprint density at radius 2 is 1.74 bits per heavy atom. The number of aliphatic hydroxyl groups is 4. The minimum absolute atomic E-state index is 0.172. The number of aliphatic hydroxyl groups excluding tert-OH is 3. The zero-order valence-electron chi connectivity index (χ0n) is 22.4. The molecule has 0 spiro atoms. The minimum Gasteiger partial charge on any atom is -0.510 e. The lowest BCUT2D eigenvalue weighted by atomic mass is 9.55. The number of fused-ring (bicyclic) bond motifs is 3. The molecular formula is C27H34N2O9. The molecule has 3 aliphatic carbocycles. The molecule has 6 atom stereocenters. The molecule has 206 valence electrons. The maximum absolute atomic E-state index is 14.0. The van der Waals surface area contributed by atoms with E-state index in [1.807, 2.05) is 20.8 Å². The van der Waals surface area contributed by atoms with E-state index < -0.39 is 81.1 Å². The molecule has 0 aromatic heterocycles. The highest BCUT2D eigenvalue weighted by molar-refractivity contribution is 6.25. The van der Waals surface area contributed by atoms with Crippen LogP contribution in [0.15, 0.2) is 28.7 Å². The van der Waals surface area contributed by atoms with Crippen LogP contribution in [-0.2, 0) is 15.0 Å². The molecule has 0 radical (unpaired) electrons. The fourth-order valence-electron chi connectivity index (χ4n) is 6.47. The summed E-state index contributed by atoms with van der Waals surface area (Å²) in [7, 11) is 4.38. The Hall–Kier alpha value is -3.41. The van der Waals surface area contributed by atoms with E-state index in [2.05, 4.69) is 0 Å². The highest BCUT2D eigenvalue weighted by Gasteiger charge is 2.67. The predicted molar refractivity (Wildman–Crippen MR) is 135 cm³/mol. The molecule has 0 fully saturated rings. The third-order valence-electron chi connectivity index (χ3n) is 8.22. The Balaban J connectivity index is 2.10. The summed E-state index contributed by atoms with van der Waals surface area (Å²) in [6.45, 7) is 7.14. The van der Waals surface area contributed by atoms with Crippen LogP contribution in [0.4, 0.5) is 0 Å². The van der Waals surface area contributed by atoms with Gasteiger partial charge in [-0.3, -0.25) is 19.3 Å². The first-order valence-corrected chi connectivity index (χ1v) is 12.2. The van der Waals surface area contributed by atoms with E-state index in [9.17, 15) is 39.9 Å². The first kappa shape index (κ1) is 27.6. The summed E-state index contributed by atoms with van der Waals surface area (Å²) in [5.74, 6) is -9.02. The maximum Gasteiger partial charge on any atom is 0.255 e. The number of methoxy groups -OCH3 is 1. The van der Waals surface area contributed by atoms with E-state index in [1.165, 1.54) is 26.1 Å². The van der Waals surface area contributed by atoms with Crippen molar-refractivity contribution >= 4 is 17.5 Å². The van der Waals surface area contributed by atoms with Crippen molar-refractivity contribution in [3.63, 3.8) is 0 Å². The Labute approximate surface area is 219 Å². The number of phenolic OH excluding ortho intramolecular Hbond substituents is 1. The number of nitrogens with two attached hydrogens (primary N) is 1. The Morgan fingerprint density at radius 1 is 1.16 bits per heavy atom. The average Bonchev–Trinajstić information content (AvgIpc) is 2.80. The van der Waals surface area contributed by atoms with E-state index >= 15 is 0 Å². The highest BCUT2D eigenvalue weighted by Crippen LogP contribution is 2.57. The molecule has 1 aromatic rings. The second-order valence-corrected chi connectivity index (χ2v) is 11.6. The number of ether oxygens (including phenoxy) is 1. The Morgan fingerprint density at radius 3 is 2.21 bits per heavy atom. The number of amides is 1. The zero-order valence-corrected chi connectivity index (χ0v) is 22.4. The second kappa shape index (κ2) is 8.55. The normalized spacial score (nSPS) is 31.3. The molecule has 0 heterocycles. The van der Waals surface area contributed by atoms with Crippen LogP contribution in [0.25, 0.3) is 0 Å². The van der Waals surface area contributed by atoms with Crippen LogP contribution in [-0.4, -0.2) is 86.9 Å². The Bertz CT molecular complexity index is 1340. The maximum atomic E-state index is 14.0. The standard InChI is InChI=1S/C27H34N2O9/c1-9-12-11(38-7)8-10(26(2,3)4)19(30)14(12)20(31)15-13(9)21(32)17-18(29(5)6)22(33)16(25(28)36)24(35)27(17,37)23(15)34/h8-9,13,17-18,21,30,32-34,37H,1-7H3,(H2,28,36). The van der Waals surface area contributed by atoms with Gasteiger partial charge in [-0.1, -0.05) is 27.7 Å². The van der Waals surface area contributed by atoms with E-state index in [0.29, 0.717) is 11.1 Å². The minimum atomic E-state index is -2.95. The number of hydrogen-bond donors (Lipinski definition) is 6. The van der Waals surface area contributed by atoms with Gasteiger partial charge in [-0.15, -0.1) is 0 Å². The number of carbonyl (C=O) groups is 3. The molecule has 38 heavy (non-hydrogen) atoms. The van der Waals surface area contributed by atoms with Gasteiger partial charge >= 0.3 is 0 Å². The molecule has 0 bridgehead atoms. The average molecular weight is 531 g/mol. The molecule has 4 rings (SSSR count). The first-order valence-electron chi connectivity index (χ1n) is 12.2. The number of ketones is 2.